The minimum Gasteiger partial charge on any atom is -0.508 e. The van der Waals surface area contributed by atoms with Crippen molar-refractivity contribution in [1.82, 2.24) is 4.57 Å². The summed E-state index contributed by atoms with van der Waals surface area (Å²) in [5, 5.41) is 12.0. The molecule has 2 aromatic heterocycles. The van der Waals surface area contributed by atoms with E-state index < -0.39 is 5.91 Å². The van der Waals surface area contributed by atoms with Crippen molar-refractivity contribution >= 4 is 28.8 Å². The van der Waals surface area contributed by atoms with Crippen LogP contribution in [0.3, 0.4) is 0 Å². The van der Waals surface area contributed by atoms with E-state index in [0.717, 1.165) is 32.7 Å². The molecule has 24 heavy (non-hydrogen) atoms. The molecule has 0 spiro atoms. The van der Waals surface area contributed by atoms with Crippen molar-refractivity contribution in [2.45, 2.75) is 13.8 Å². The van der Waals surface area contributed by atoms with E-state index >= 15 is 0 Å². The lowest BCUT2D eigenvalue weighted by atomic mass is 9.94. The third-order valence-electron chi connectivity index (χ3n) is 4.12. The minimum absolute atomic E-state index is 0.172. The predicted molar refractivity (Wildman–Crippen MR) is 98.8 cm³/mol. The van der Waals surface area contributed by atoms with Gasteiger partial charge in [0, 0.05) is 28.6 Å². The molecule has 0 saturated carbocycles. The predicted octanol–water partition coefficient (Wildman–Crippen LogP) is 4.50. The van der Waals surface area contributed by atoms with Gasteiger partial charge in [-0.3, -0.25) is 4.79 Å². The third kappa shape index (κ3) is 2.50. The smallest absolute Gasteiger partial charge is 0.266 e. The Morgan fingerprint density at radius 1 is 1.17 bits per heavy atom. The molecule has 4 nitrogen and oxygen atoms in total. The van der Waals surface area contributed by atoms with E-state index in [1.54, 1.807) is 47.2 Å². The summed E-state index contributed by atoms with van der Waals surface area (Å²) in [5.41, 5.74) is 10.4. The maximum atomic E-state index is 12.1. The van der Waals surface area contributed by atoms with Crippen LogP contribution in [0, 0.1) is 13.8 Å². The fraction of sp³-hybridized carbons (Fsp3) is 0.167. The van der Waals surface area contributed by atoms with Gasteiger partial charge in [0.05, 0.1) is 0 Å². The highest BCUT2D eigenvalue weighted by molar-refractivity contribution is 7.10. The quantitative estimate of drug-likeness (QED) is 0.722. The summed E-state index contributed by atoms with van der Waals surface area (Å²) in [7, 11) is 1.73. The van der Waals surface area contributed by atoms with Gasteiger partial charge in [-0.05, 0) is 42.5 Å². The number of carbonyl (C=O) groups is 1. The second kappa shape index (κ2) is 6.00. The molecule has 1 aromatic carbocycles. The topological polar surface area (TPSA) is 68.2 Å². The molecule has 3 N–H and O–H groups in total. The van der Waals surface area contributed by atoms with Crippen molar-refractivity contribution in [2.24, 2.45) is 12.8 Å². The molecule has 0 fully saturated rings. The lowest BCUT2D eigenvalue weighted by molar-refractivity contribution is 0.0993. The fourth-order valence-electron chi connectivity index (χ4n) is 3.02. The van der Waals surface area contributed by atoms with Gasteiger partial charge in [-0.2, -0.15) is 0 Å². The molecule has 0 atom stereocenters. The molecule has 6 heteroatoms. The van der Waals surface area contributed by atoms with Crippen LogP contribution in [-0.2, 0) is 7.05 Å². The Balaban J connectivity index is 2.43. The van der Waals surface area contributed by atoms with Crippen molar-refractivity contribution in [1.29, 1.82) is 0 Å². The van der Waals surface area contributed by atoms with Gasteiger partial charge in [-0.1, -0.05) is 23.7 Å². The Bertz CT molecular complexity index is 920. The molecule has 0 aliphatic rings. The number of halogens is 1. The Labute approximate surface area is 149 Å². The largest absolute Gasteiger partial charge is 0.508 e. The standard InChI is InChI=1S/C18H17ClN2O2S/c1-9-8-24-10(2)13(9)15-14(11-4-6-12(22)7-5-11)17(19)21(3)16(15)18(20)23/h4-8,22H,1-3H3,(H2,20,23). The number of primary amides is 1. The van der Waals surface area contributed by atoms with Crippen LogP contribution in [0.25, 0.3) is 22.3 Å². The van der Waals surface area contributed by atoms with E-state index in [-0.39, 0.29) is 5.75 Å². The van der Waals surface area contributed by atoms with Gasteiger partial charge in [0.2, 0.25) is 0 Å². The zero-order chi connectivity index (χ0) is 17.6. The molecule has 0 unspecified atom stereocenters. The summed E-state index contributed by atoms with van der Waals surface area (Å²) >= 11 is 8.18. The number of aryl methyl sites for hydroxylation is 2. The first-order valence-electron chi connectivity index (χ1n) is 7.35. The number of phenols is 1. The number of hydrogen-bond donors (Lipinski definition) is 2. The van der Waals surface area contributed by atoms with Gasteiger partial charge in [0.15, 0.2) is 0 Å². The number of rotatable bonds is 3. The third-order valence-corrected chi connectivity index (χ3v) is 5.59. The number of aromatic hydroxyl groups is 1. The SMILES string of the molecule is Cc1csc(C)c1-c1c(-c2ccc(O)cc2)c(Cl)n(C)c1C(N)=O. The molecular formula is C18H17ClN2O2S. The maximum absolute atomic E-state index is 12.1. The highest BCUT2D eigenvalue weighted by atomic mass is 35.5. The number of amides is 1. The second-order valence-corrected chi connectivity index (χ2v) is 7.15. The molecule has 3 rings (SSSR count). The Kier molecular flexibility index (Phi) is 4.15. The van der Waals surface area contributed by atoms with Crippen LogP contribution in [0.15, 0.2) is 29.6 Å². The van der Waals surface area contributed by atoms with Crippen molar-refractivity contribution in [2.75, 3.05) is 0 Å². The highest BCUT2D eigenvalue weighted by Gasteiger charge is 2.27. The Morgan fingerprint density at radius 3 is 2.29 bits per heavy atom. The highest BCUT2D eigenvalue weighted by Crippen LogP contribution is 2.45. The number of thiophene rings is 1. The first kappa shape index (κ1) is 16.6. The van der Waals surface area contributed by atoms with Gasteiger partial charge in [-0.15, -0.1) is 11.3 Å². The van der Waals surface area contributed by atoms with Crippen LogP contribution in [0.2, 0.25) is 5.15 Å². The molecular weight excluding hydrogens is 344 g/mol. The van der Waals surface area contributed by atoms with Gasteiger partial charge >= 0.3 is 0 Å². The van der Waals surface area contributed by atoms with E-state index in [2.05, 4.69) is 5.38 Å². The summed E-state index contributed by atoms with van der Waals surface area (Å²) in [6.45, 7) is 4.02. The average molecular weight is 361 g/mol. The van der Waals surface area contributed by atoms with Crippen LogP contribution >= 0.6 is 22.9 Å². The molecule has 0 aliphatic carbocycles. The number of phenolic OH excluding ortho intramolecular Hbond substituents is 1. The van der Waals surface area contributed by atoms with Gasteiger partial charge in [-0.25, -0.2) is 0 Å². The van der Waals surface area contributed by atoms with Crippen LogP contribution in [0.1, 0.15) is 20.9 Å². The lowest BCUT2D eigenvalue weighted by Gasteiger charge is -2.09. The number of benzene rings is 1. The zero-order valence-corrected chi connectivity index (χ0v) is 15.1. The van der Waals surface area contributed by atoms with Gasteiger partial charge in [0.25, 0.3) is 5.91 Å². The van der Waals surface area contributed by atoms with Crippen molar-refractivity contribution in [3.63, 3.8) is 0 Å². The second-order valence-electron chi connectivity index (χ2n) is 5.71. The normalized spacial score (nSPS) is 11.0. The summed E-state index contributed by atoms with van der Waals surface area (Å²) in [6, 6.07) is 6.75. The summed E-state index contributed by atoms with van der Waals surface area (Å²) < 4.78 is 1.62. The number of hydrogen-bond acceptors (Lipinski definition) is 3. The van der Waals surface area contributed by atoms with E-state index in [1.807, 2.05) is 13.8 Å². The van der Waals surface area contributed by atoms with Crippen molar-refractivity contribution in [3.8, 4) is 28.0 Å². The Morgan fingerprint density at radius 2 is 1.79 bits per heavy atom. The summed E-state index contributed by atoms with van der Waals surface area (Å²) in [4.78, 5) is 13.2. The molecule has 0 aliphatic heterocycles. The van der Waals surface area contributed by atoms with Gasteiger partial charge in [0.1, 0.15) is 16.6 Å². The number of nitrogens with zero attached hydrogens (tertiary/aromatic N) is 1. The summed E-state index contributed by atoms with van der Waals surface area (Å²) in [6.07, 6.45) is 0. The van der Waals surface area contributed by atoms with Crippen molar-refractivity contribution in [3.05, 3.63) is 50.9 Å². The number of nitrogens with two attached hydrogens (primary N) is 1. The van der Waals surface area contributed by atoms with Gasteiger partial charge < -0.3 is 15.4 Å². The molecule has 124 valence electrons. The zero-order valence-electron chi connectivity index (χ0n) is 13.6. The van der Waals surface area contributed by atoms with E-state index in [1.165, 1.54) is 0 Å². The monoisotopic (exact) mass is 360 g/mol. The first-order valence-corrected chi connectivity index (χ1v) is 8.61. The van der Waals surface area contributed by atoms with E-state index in [9.17, 15) is 9.90 Å². The number of carbonyl (C=O) groups excluding carboxylic acids is 1. The molecule has 0 bridgehead atoms. The molecule has 0 radical (unpaired) electrons. The van der Waals surface area contributed by atoms with Crippen molar-refractivity contribution < 1.29 is 9.90 Å². The maximum Gasteiger partial charge on any atom is 0.266 e. The molecule has 3 aromatic rings. The molecule has 2 heterocycles. The lowest BCUT2D eigenvalue weighted by Crippen LogP contribution is -2.16. The van der Waals surface area contributed by atoms with Crippen LogP contribution in [0.5, 0.6) is 5.75 Å². The minimum atomic E-state index is -0.524. The van der Waals surface area contributed by atoms with Crippen LogP contribution in [-0.4, -0.2) is 15.6 Å². The average Bonchev–Trinajstić information content (AvgIpc) is 2.98. The molecule has 0 saturated heterocycles. The first-order chi connectivity index (χ1) is 11.3. The Hall–Kier alpha value is -2.24. The molecule has 1 amide bonds. The van der Waals surface area contributed by atoms with Crippen LogP contribution in [0.4, 0.5) is 0 Å². The van der Waals surface area contributed by atoms with E-state index in [0.29, 0.717) is 10.8 Å². The fourth-order valence-corrected chi connectivity index (χ4v) is 4.16. The van der Waals surface area contributed by atoms with E-state index in [4.69, 9.17) is 17.3 Å². The number of aromatic nitrogens is 1. The van der Waals surface area contributed by atoms with Crippen LogP contribution < -0.4 is 5.73 Å². The summed E-state index contributed by atoms with van der Waals surface area (Å²) in [5.74, 6) is -0.352.